The molecule has 12 nitrogen and oxygen atoms in total. The number of benzene rings is 1. The molecule has 2 aliphatic rings. The molecule has 12 heteroatoms. The molecule has 2 aliphatic heterocycles. The van der Waals surface area contributed by atoms with E-state index >= 15 is 0 Å². The summed E-state index contributed by atoms with van der Waals surface area (Å²) in [4.78, 5) is 42.3. The number of ether oxygens (including phenoxy) is 1. The minimum absolute atomic E-state index is 0.0185. The molecule has 1 atom stereocenters. The van der Waals surface area contributed by atoms with Crippen LogP contribution in [0.15, 0.2) is 34.2 Å². The van der Waals surface area contributed by atoms with Crippen LogP contribution in [-0.4, -0.2) is 50.0 Å². The Kier molecular flexibility index (Phi) is 5.33. The molecule has 0 spiro atoms. The number of aromatic nitrogens is 2. The first-order valence-electron chi connectivity index (χ1n) is 11.0. The van der Waals surface area contributed by atoms with Crippen molar-refractivity contribution < 1.29 is 24.7 Å². The first-order valence-corrected chi connectivity index (χ1v) is 11.0. The van der Waals surface area contributed by atoms with Gasteiger partial charge in [0.25, 0.3) is 5.56 Å². The van der Waals surface area contributed by atoms with E-state index in [-0.39, 0.29) is 48.6 Å². The number of rotatable bonds is 6. The van der Waals surface area contributed by atoms with Gasteiger partial charge in [-0.3, -0.25) is 19.5 Å². The third-order valence-corrected chi connectivity index (χ3v) is 6.42. The van der Waals surface area contributed by atoms with Gasteiger partial charge >= 0.3 is 11.7 Å². The summed E-state index contributed by atoms with van der Waals surface area (Å²) >= 11 is 0. The molecule has 0 fully saturated rings. The topological polar surface area (TPSA) is 169 Å². The van der Waals surface area contributed by atoms with Crippen molar-refractivity contribution in [2.75, 3.05) is 13.2 Å². The summed E-state index contributed by atoms with van der Waals surface area (Å²) in [6.45, 7) is 1.10. The Morgan fingerprint density at radius 2 is 2.11 bits per heavy atom. The van der Waals surface area contributed by atoms with Crippen LogP contribution in [0.25, 0.3) is 22.3 Å². The lowest BCUT2D eigenvalue weighted by atomic mass is 9.84. The highest BCUT2D eigenvalue weighted by Gasteiger charge is 2.52. The first kappa shape index (κ1) is 22.6. The van der Waals surface area contributed by atoms with Crippen molar-refractivity contribution in [3.05, 3.63) is 67.0 Å². The number of aliphatic hydroxyl groups excluding tert-OH is 1. The summed E-state index contributed by atoms with van der Waals surface area (Å²) in [5.41, 5.74) is 0.577. The van der Waals surface area contributed by atoms with Gasteiger partial charge in [0.05, 0.1) is 47.5 Å². The van der Waals surface area contributed by atoms with Gasteiger partial charge in [-0.1, -0.05) is 25.1 Å². The molecule has 0 unspecified atom stereocenters. The molecule has 180 valence electrons. The average Bonchev–Trinajstić information content (AvgIpc) is 3.23. The molecule has 3 aromatic rings. The summed E-state index contributed by atoms with van der Waals surface area (Å²) in [6.07, 6.45) is 1.31. The maximum atomic E-state index is 13.5. The SMILES string of the molecule is CC[C@@]1(O)C(=O)OCc2c1c([N+](=O)[O-])c1n(c2=O)Cc2c-1nc1ccccc1c2/C=N/NCCO. The standard InChI is InChI=1S/C23H21N5O7/c1-2-23(32)17-15(11-35-22(23)31)21(30)27-10-14-13(9-25-24-7-8-29)12-5-3-4-6-16(12)26-18(14)20(27)19(17)28(33)34/h3-6,9,24,29,32H,2,7-8,10-11H2,1H3/b25-9+/t23-/m0/s1. The Labute approximate surface area is 197 Å². The van der Waals surface area contributed by atoms with Crippen LogP contribution in [0.5, 0.6) is 0 Å². The number of cyclic esters (lactones) is 1. The van der Waals surface area contributed by atoms with Crippen molar-refractivity contribution in [1.82, 2.24) is 15.0 Å². The van der Waals surface area contributed by atoms with E-state index in [1.54, 1.807) is 12.1 Å². The van der Waals surface area contributed by atoms with Gasteiger partial charge in [-0.2, -0.15) is 5.10 Å². The summed E-state index contributed by atoms with van der Waals surface area (Å²) < 4.78 is 6.27. The van der Waals surface area contributed by atoms with E-state index < -0.39 is 34.3 Å². The van der Waals surface area contributed by atoms with Crippen LogP contribution in [0.1, 0.15) is 35.6 Å². The Morgan fingerprint density at radius 3 is 2.83 bits per heavy atom. The number of nitro groups is 1. The van der Waals surface area contributed by atoms with Gasteiger partial charge in [-0.15, -0.1) is 0 Å². The minimum atomic E-state index is -2.33. The fraction of sp³-hybridized carbons (Fsp3) is 0.304. The highest BCUT2D eigenvalue weighted by molar-refractivity contribution is 6.03. The second-order valence-corrected chi connectivity index (χ2v) is 8.25. The third kappa shape index (κ3) is 3.21. The van der Waals surface area contributed by atoms with Crippen molar-refractivity contribution in [3.8, 4) is 11.4 Å². The summed E-state index contributed by atoms with van der Waals surface area (Å²) in [7, 11) is 0. The number of carbonyl (C=O) groups excluding carboxylic acids is 1. The number of nitrogens with one attached hydrogen (secondary N) is 1. The lowest BCUT2D eigenvalue weighted by molar-refractivity contribution is -0.386. The van der Waals surface area contributed by atoms with E-state index in [1.165, 1.54) is 17.7 Å². The number of aliphatic hydroxyl groups is 2. The van der Waals surface area contributed by atoms with E-state index in [0.717, 1.165) is 5.39 Å². The van der Waals surface area contributed by atoms with Crippen molar-refractivity contribution >= 4 is 28.8 Å². The number of para-hydroxylation sites is 1. The zero-order chi connectivity index (χ0) is 24.9. The molecule has 0 bridgehead atoms. The Balaban J connectivity index is 1.87. The fourth-order valence-electron chi connectivity index (χ4n) is 4.75. The van der Waals surface area contributed by atoms with Gasteiger partial charge in [0.15, 0.2) is 5.60 Å². The van der Waals surface area contributed by atoms with Crippen LogP contribution in [0.2, 0.25) is 0 Å². The molecule has 35 heavy (non-hydrogen) atoms. The van der Waals surface area contributed by atoms with E-state index in [9.17, 15) is 24.8 Å². The summed E-state index contributed by atoms with van der Waals surface area (Å²) in [6, 6.07) is 7.14. The lowest BCUT2D eigenvalue weighted by Gasteiger charge is -2.31. The van der Waals surface area contributed by atoms with E-state index in [1.807, 2.05) is 12.1 Å². The predicted octanol–water partition coefficient (Wildman–Crippen LogP) is 0.904. The lowest BCUT2D eigenvalue weighted by Crippen LogP contribution is -2.45. The Hall–Kier alpha value is -4.16. The number of pyridine rings is 2. The van der Waals surface area contributed by atoms with Crippen LogP contribution >= 0.6 is 0 Å². The number of esters is 1. The van der Waals surface area contributed by atoms with Crippen LogP contribution in [0, 0.1) is 10.1 Å². The largest absolute Gasteiger partial charge is 0.458 e. The maximum Gasteiger partial charge on any atom is 0.343 e. The molecule has 0 radical (unpaired) electrons. The molecule has 4 heterocycles. The zero-order valence-electron chi connectivity index (χ0n) is 18.6. The number of hydrogen-bond acceptors (Lipinski definition) is 10. The summed E-state index contributed by atoms with van der Waals surface area (Å²) in [5.74, 6) is -1.03. The molecule has 0 saturated carbocycles. The van der Waals surface area contributed by atoms with Gasteiger partial charge in [-0.05, 0) is 12.5 Å². The van der Waals surface area contributed by atoms with Gasteiger partial charge in [0.1, 0.15) is 18.0 Å². The van der Waals surface area contributed by atoms with Crippen LogP contribution in [0.3, 0.4) is 0 Å². The molecule has 3 N–H and O–H groups in total. The monoisotopic (exact) mass is 479 g/mol. The Morgan fingerprint density at radius 1 is 1.34 bits per heavy atom. The number of hydrogen-bond donors (Lipinski definition) is 3. The number of fused-ring (bicyclic) bond motifs is 5. The molecular formula is C23H21N5O7. The molecule has 0 amide bonds. The van der Waals surface area contributed by atoms with E-state index in [4.69, 9.17) is 9.84 Å². The number of carbonyl (C=O) groups is 1. The van der Waals surface area contributed by atoms with Crippen LogP contribution in [-0.2, 0) is 28.3 Å². The number of hydrazone groups is 1. The highest BCUT2D eigenvalue weighted by Crippen LogP contribution is 2.46. The van der Waals surface area contributed by atoms with Gasteiger partial charge in [0, 0.05) is 16.5 Å². The number of nitrogens with zero attached hydrogens (tertiary/aromatic N) is 4. The molecule has 0 aliphatic carbocycles. The first-order chi connectivity index (χ1) is 16.8. The van der Waals surface area contributed by atoms with Crippen molar-refractivity contribution in [3.63, 3.8) is 0 Å². The zero-order valence-corrected chi connectivity index (χ0v) is 18.6. The second-order valence-electron chi connectivity index (χ2n) is 8.25. The van der Waals surface area contributed by atoms with Gasteiger partial charge < -0.3 is 20.4 Å². The fourth-order valence-corrected chi connectivity index (χ4v) is 4.75. The predicted molar refractivity (Wildman–Crippen MR) is 124 cm³/mol. The van der Waals surface area contributed by atoms with E-state index in [0.29, 0.717) is 16.6 Å². The van der Waals surface area contributed by atoms with Crippen molar-refractivity contribution in [2.45, 2.75) is 32.1 Å². The van der Waals surface area contributed by atoms with Crippen molar-refractivity contribution in [1.29, 1.82) is 0 Å². The molecular weight excluding hydrogens is 458 g/mol. The highest BCUT2D eigenvalue weighted by atomic mass is 16.6. The van der Waals surface area contributed by atoms with Crippen LogP contribution in [0.4, 0.5) is 5.69 Å². The average molecular weight is 479 g/mol. The summed E-state index contributed by atoms with van der Waals surface area (Å²) in [5, 5.41) is 37.4. The smallest absolute Gasteiger partial charge is 0.343 e. The molecule has 2 aromatic heterocycles. The second kappa shape index (κ2) is 8.25. The maximum absolute atomic E-state index is 13.5. The van der Waals surface area contributed by atoms with E-state index in [2.05, 4.69) is 15.5 Å². The van der Waals surface area contributed by atoms with Crippen LogP contribution < -0.4 is 11.0 Å². The Bertz CT molecular complexity index is 1500. The normalized spacial score (nSPS) is 18.3. The molecule has 5 rings (SSSR count). The molecule has 0 saturated heterocycles. The molecule has 1 aromatic carbocycles. The quantitative estimate of drug-likeness (QED) is 0.120. The van der Waals surface area contributed by atoms with Gasteiger partial charge in [0.2, 0.25) is 0 Å². The minimum Gasteiger partial charge on any atom is -0.458 e. The third-order valence-electron chi connectivity index (χ3n) is 6.42. The van der Waals surface area contributed by atoms with Gasteiger partial charge in [-0.25, -0.2) is 9.78 Å². The van der Waals surface area contributed by atoms with Crippen molar-refractivity contribution in [2.24, 2.45) is 5.10 Å².